The van der Waals surface area contributed by atoms with E-state index in [-0.39, 0.29) is 0 Å². The molecule has 0 spiro atoms. The van der Waals surface area contributed by atoms with Crippen molar-refractivity contribution in [2.75, 3.05) is 0 Å². The summed E-state index contributed by atoms with van der Waals surface area (Å²) < 4.78 is 0. The van der Waals surface area contributed by atoms with Crippen LogP contribution in [0.2, 0.25) is 0 Å². The molecule has 1 aromatic heterocycles. The number of fused-ring (bicyclic) bond motifs is 7. The summed E-state index contributed by atoms with van der Waals surface area (Å²) >= 11 is 2.01. The molecule has 4 aromatic rings. The molecular formula is C27H22S. The molecule has 28 heavy (non-hydrogen) atoms. The maximum absolute atomic E-state index is 2.37. The van der Waals surface area contributed by atoms with E-state index in [1.807, 2.05) is 11.3 Å². The van der Waals surface area contributed by atoms with Crippen molar-refractivity contribution in [2.45, 2.75) is 32.6 Å². The molecule has 0 nitrogen and oxygen atoms in total. The second kappa shape index (κ2) is 6.18. The molecule has 136 valence electrons. The fourth-order valence-electron chi connectivity index (χ4n) is 4.85. The zero-order valence-corrected chi connectivity index (χ0v) is 16.9. The molecule has 0 fully saturated rings. The van der Waals surface area contributed by atoms with Crippen LogP contribution in [0.5, 0.6) is 0 Å². The van der Waals surface area contributed by atoms with Crippen LogP contribution in [0.25, 0.3) is 38.4 Å². The van der Waals surface area contributed by atoms with Gasteiger partial charge in [-0.2, -0.15) is 0 Å². The second-order valence-electron chi connectivity index (χ2n) is 8.10. The van der Waals surface area contributed by atoms with Crippen LogP contribution in [-0.2, 0) is 19.3 Å². The third kappa shape index (κ3) is 2.43. The zero-order chi connectivity index (χ0) is 18.7. The summed E-state index contributed by atoms with van der Waals surface area (Å²) in [5.41, 5.74) is 10.2. The first-order chi connectivity index (χ1) is 13.8. The van der Waals surface area contributed by atoms with Crippen LogP contribution in [0.4, 0.5) is 0 Å². The third-order valence-corrected chi connectivity index (χ3v) is 7.60. The van der Waals surface area contributed by atoms with E-state index in [1.165, 1.54) is 74.0 Å². The molecule has 0 saturated carbocycles. The Bertz CT molecular complexity index is 1250. The van der Waals surface area contributed by atoms with Crippen molar-refractivity contribution < 1.29 is 0 Å². The minimum absolute atomic E-state index is 1.17. The average molecular weight is 379 g/mol. The lowest BCUT2D eigenvalue weighted by atomic mass is 9.84. The zero-order valence-electron chi connectivity index (χ0n) is 16.1. The molecule has 0 radical (unpaired) electrons. The van der Waals surface area contributed by atoms with E-state index in [4.69, 9.17) is 0 Å². The molecule has 0 bridgehead atoms. The van der Waals surface area contributed by atoms with Crippen molar-refractivity contribution >= 4 is 28.2 Å². The summed E-state index contributed by atoms with van der Waals surface area (Å²) in [5.74, 6) is 0. The standard InChI is InChI=1S/C27H22S/c1-17-6-8-18(9-7-17)20-13-14-22-21(16-20)11-10-19-12-15-24-23-4-2-3-5-25(23)28-27(24)26(19)22/h3,5-11,13-14,16H,2,4,12,15H2,1H3. The molecule has 2 aliphatic carbocycles. The van der Waals surface area contributed by atoms with Gasteiger partial charge in [-0.15, -0.1) is 11.3 Å². The van der Waals surface area contributed by atoms with Gasteiger partial charge in [-0.1, -0.05) is 60.2 Å². The molecule has 0 saturated heterocycles. The Kier molecular flexibility index (Phi) is 3.61. The van der Waals surface area contributed by atoms with Gasteiger partial charge in [-0.3, -0.25) is 0 Å². The maximum atomic E-state index is 2.37. The Hall–Kier alpha value is -2.64. The smallest absolute Gasteiger partial charge is 0.0393 e. The maximum Gasteiger partial charge on any atom is 0.0393 e. The highest BCUT2D eigenvalue weighted by Crippen LogP contribution is 2.47. The SMILES string of the molecule is Cc1ccc(-c2ccc3c4c(ccc3c2)CCc2c-4sc3c2CCC=C3)cc1. The van der Waals surface area contributed by atoms with Gasteiger partial charge >= 0.3 is 0 Å². The lowest BCUT2D eigenvalue weighted by Crippen LogP contribution is -2.05. The Morgan fingerprint density at radius 2 is 1.64 bits per heavy atom. The van der Waals surface area contributed by atoms with Crippen molar-refractivity contribution in [3.8, 4) is 21.6 Å². The first kappa shape index (κ1) is 16.3. The highest BCUT2D eigenvalue weighted by molar-refractivity contribution is 7.17. The van der Waals surface area contributed by atoms with E-state index in [0.29, 0.717) is 0 Å². The fourth-order valence-corrected chi connectivity index (χ4v) is 6.27. The van der Waals surface area contributed by atoms with Crippen molar-refractivity contribution in [3.05, 3.63) is 87.8 Å². The molecule has 1 heteroatoms. The Labute approximate surface area is 170 Å². The van der Waals surface area contributed by atoms with Crippen LogP contribution >= 0.6 is 11.3 Å². The van der Waals surface area contributed by atoms with Gasteiger partial charge in [0.2, 0.25) is 0 Å². The molecular weight excluding hydrogens is 356 g/mol. The fraction of sp³-hybridized carbons (Fsp3) is 0.185. The van der Waals surface area contributed by atoms with Crippen molar-refractivity contribution in [1.29, 1.82) is 0 Å². The molecule has 0 atom stereocenters. The van der Waals surface area contributed by atoms with Crippen LogP contribution in [0, 0.1) is 6.92 Å². The van der Waals surface area contributed by atoms with Crippen LogP contribution in [0.3, 0.4) is 0 Å². The number of allylic oxidation sites excluding steroid dienone is 1. The number of benzene rings is 3. The average Bonchev–Trinajstić information content (AvgIpc) is 3.12. The van der Waals surface area contributed by atoms with Gasteiger partial charge in [0.25, 0.3) is 0 Å². The van der Waals surface area contributed by atoms with E-state index in [0.717, 1.165) is 0 Å². The highest BCUT2D eigenvalue weighted by Gasteiger charge is 2.25. The van der Waals surface area contributed by atoms with Crippen LogP contribution in [0.15, 0.2) is 60.7 Å². The van der Waals surface area contributed by atoms with Gasteiger partial charge in [0, 0.05) is 15.3 Å². The largest absolute Gasteiger partial charge is 0.135 e. The first-order valence-corrected chi connectivity index (χ1v) is 11.0. The summed E-state index contributed by atoms with van der Waals surface area (Å²) in [6, 6.07) is 20.6. The van der Waals surface area contributed by atoms with E-state index < -0.39 is 0 Å². The van der Waals surface area contributed by atoms with Gasteiger partial charge in [0.05, 0.1) is 0 Å². The topological polar surface area (TPSA) is 0 Å². The minimum atomic E-state index is 1.17. The normalized spacial score (nSPS) is 14.6. The number of hydrogen-bond acceptors (Lipinski definition) is 1. The molecule has 3 aromatic carbocycles. The molecule has 1 heterocycles. The van der Waals surface area contributed by atoms with E-state index in [2.05, 4.69) is 73.7 Å². The number of aryl methyl sites for hydroxylation is 2. The quantitative estimate of drug-likeness (QED) is 0.320. The molecule has 0 unspecified atom stereocenters. The number of rotatable bonds is 1. The molecule has 2 aliphatic rings. The van der Waals surface area contributed by atoms with Gasteiger partial charge in [0.1, 0.15) is 0 Å². The lowest BCUT2D eigenvalue weighted by molar-refractivity contribution is 0.902. The Morgan fingerprint density at radius 1 is 0.786 bits per heavy atom. The van der Waals surface area contributed by atoms with Crippen LogP contribution in [0.1, 0.15) is 33.6 Å². The predicted octanol–water partition coefficient (Wildman–Crippen LogP) is 7.60. The van der Waals surface area contributed by atoms with E-state index in [1.54, 1.807) is 11.1 Å². The molecule has 0 aliphatic heterocycles. The van der Waals surface area contributed by atoms with Crippen LogP contribution in [-0.4, -0.2) is 0 Å². The van der Waals surface area contributed by atoms with Gasteiger partial charge in [-0.05, 0) is 83.3 Å². The number of thiophene rings is 1. The molecule has 0 amide bonds. The lowest BCUT2D eigenvalue weighted by Gasteiger charge is -2.20. The molecule has 0 N–H and O–H groups in total. The monoisotopic (exact) mass is 378 g/mol. The van der Waals surface area contributed by atoms with Gasteiger partial charge < -0.3 is 0 Å². The van der Waals surface area contributed by atoms with Crippen LogP contribution < -0.4 is 0 Å². The minimum Gasteiger partial charge on any atom is -0.135 e. The summed E-state index contributed by atoms with van der Waals surface area (Å²) in [7, 11) is 0. The predicted molar refractivity (Wildman–Crippen MR) is 122 cm³/mol. The second-order valence-corrected chi connectivity index (χ2v) is 9.15. The third-order valence-electron chi connectivity index (χ3n) is 6.34. The van der Waals surface area contributed by atoms with E-state index >= 15 is 0 Å². The van der Waals surface area contributed by atoms with E-state index in [9.17, 15) is 0 Å². The highest BCUT2D eigenvalue weighted by atomic mass is 32.1. The summed E-state index contributed by atoms with van der Waals surface area (Å²) in [4.78, 5) is 3.03. The Balaban J connectivity index is 1.55. The number of hydrogen-bond donors (Lipinski definition) is 0. The van der Waals surface area contributed by atoms with Crippen molar-refractivity contribution in [2.24, 2.45) is 0 Å². The van der Waals surface area contributed by atoms with Crippen molar-refractivity contribution in [1.82, 2.24) is 0 Å². The molecule has 6 rings (SSSR count). The summed E-state index contributed by atoms with van der Waals surface area (Å²) in [5, 5.41) is 2.77. The van der Waals surface area contributed by atoms with Gasteiger partial charge in [-0.25, -0.2) is 0 Å². The first-order valence-electron chi connectivity index (χ1n) is 10.2. The Morgan fingerprint density at radius 3 is 2.54 bits per heavy atom. The van der Waals surface area contributed by atoms with Crippen molar-refractivity contribution in [3.63, 3.8) is 0 Å². The van der Waals surface area contributed by atoms with Gasteiger partial charge in [0.15, 0.2) is 0 Å². The summed E-state index contributed by atoms with van der Waals surface area (Å²) in [6.07, 6.45) is 9.47. The summed E-state index contributed by atoms with van der Waals surface area (Å²) in [6.45, 7) is 2.14.